The highest BCUT2D eigenvalue weighted by atomic mass is 19.1. The van der Waals surface area contributed by atoms with Crippen molar-refractivity contribution in [1.82, 2.24) is 15.6 Å². The van der Waals surface area contributed by atoms with Crippen LogP contribution in [0, 0.1) is 5.82 Å². The molecule has 0 unspecified atom stereocenters. The fraction of sp³-hybridized carbons (Fsp3) is 0.273. The lowest BCUT2D eigenvalue weighted by Crippen LogP contribution is -2.36. The number of aromatic nitrogens is 1. The Morgan fingerprint density at radius 1 is 1.14 bits per heavy atom. The van der Waals surface area contributed by atoms with E-state index in [1.165, 1.54) is 6.07 Å². The van der Waals surface area contributed by atoms with E-state index in [2.05, 4.69) is 20.6 Å². The highest BCUT2D eigenvalue weighted by molar-refractivity contribution is 5.79. The Balaban J connectivity index is 1.61. The van der Waals surface area contributed by atoms with Crippen LogP contribution in [0.4, 0.5) is 4.39 Å². The molecule has 7 heteroatoms. The fourth-order valence-corrected chi connectivity index (χ4v) is 2.70. The molecular formula is C22H25FN4O2. The van der Waals surface area contributed by atoms with Crippen molar-refractivity contribution in [3.05, 3.63) is 71.9 Å². The molecule has 0 aliphatic carbocycles. The lowest BCUT2D eigenvalue weighted by Gasteiger charge is -2.10. The summed E-state index contributed by atoms with van der Waals surface area (Å²) in [5.74, 6) is 1.07. The van der Waals surface area contributed by atoms with E-state index >= 15 is 0 Å². The Kier molecular flexibility index (Phi) is 7.22. The molecule has 3 rings (SSSR count). The molecule has 2 aromatic carbocycles. The van der Waals surface area contributed by atoms with E-state index in [1.54, 1.807) is 12.3 Å². The second-order valence-electron chi connectivity index (χ2n) is 6.26. The van der Waals surface area contributed by atoms with Gasteiger partial charge in [0.05, 0.1) is 25.4 Å². The van der Waals surface area contributed by atoms with Gasteiger partial charge in [-0.3, -0.25) is 0 Å². The maximum atomic E-state index is 14.0. The summed E-state index contributed by atoms with van der Waals surface area (Å²) in [7, 11) is 0. The fourth-order valence-electron chi connectivity index (χ4n) is 2.70. The number of benzene rings is 2. The van der Waals surface area contributed by atoms with Gasteiger partial charge in [0.25, 0.3) is 0 Å². The molecule has 3 aromatic rings. The van der Waals surface area contributed by atoms with E-state index in [-0.39, 0.29) is 11.6 Å². The van der Waals surface area contributed by atoms with Gasteiger partial charge in [-0.15, -0.1) is 0 Å². The topological polar surface area (TPSA) is 71.7 Å². The molecule has 0 aliphatic rings. The number of oxazole rings is 1. The van der Waals surface area contributed by atoms with Crippen LogP contribution >= 0.6 is 0 Å². The normalized spacial score (nSPS) is 11.3. The van der Waals surface area contributed by atoms with E-state index in [0.29, 0.717) is 38.1 Å². The lowest BCUT2D eigenvalue weighted by molar-refractivity contribution is 0.321. The molecule has 6 nitrogen and oxygen atoms in total. The largest absolute Gasteiger partial charge is 0.491 e. The Morgan fingerprint density at radius 2 is 1.97 bits per heavy atom. The van der Waals surface area contributed by atoms with Crippen LogP contribution in [0.15, 0.2) is 64.2 Å². The maximum Gasteiger partial charge on any atom is 0.226 e. The molecule has 2 N–H and O–H groups in total. The van der Waals surface area contributed by atoms with E-state index < -0.39 is 0 Å². The van der Waals surface area contributed by atoms with Crippen molar-refractivity contribution in [2.24, 2.45) is 4.99 Å². The van der Waals surface area contributed by atoms with E-state index in [1.807, 2.05) is 50.2 Å². The molecular weight excluding hydrogens is 371 g/mol. The van der Waals surface area contributed by atoms with Gasteiger partial charge in [0, 0.05) is 12.1 Å². The first-order valence-electron chi connectivity index (χ1n) is 9.62. The van der Waals surface area contributed by atoms with E-state index in [9.17, 15) is 4.39 Å². The maximum absolute atomic E-state index is 14.0. The first kappa shape index (κ1) is 20.4. The Hall–Kier alpha value is -3.35. The van der Waals surface area contributed by atoms with Crippen molar-refractivity contribution in [3.63, 3.8) is 0 Å². The summed E-state index contributed by atoms with van der Waals surface area (Å²) in [6, 6.07) is 14.6. The average molecular weight is 396 g/mol. The number of aliphatic imine (C=N–C) groups is 1. The quantitative estimate of drug-likeness (QED) is 0.442. The van der Waals surface area contributed by atoms with Crippen molar-refractivity contribution in [2.45, 2.75) is 26.9 Å². The van der Waals surface area contributed by atoms with Crippen LogP contribution in [-0.2, 0) is 13.1 Å². The van der Waals surface area contributed by atoms with Crippen LogP contribution < -0.4 is 15.4 Å². The summed E-state index contributed by atoms with van der Waals surface area (Å²) < 4.78 is 24.8. The first-order chi connectivity index (χ1) is 14.2. The van der Waals surface area contributed by atoms with Gasteiger partial charge >= 0.3 is 0 Å². The zero-order valence-corrected chi connectivity index (χ0v) is 16.6. The van der Waals surface area contributed by atoms with Crippen LogP contribution in [0.2, 0.25) is 0 Å². The van der Waals surface area contributed by atoms with Gasteiger partial charge in [-0.05, 0) is 43.7 Å². The third-order valence-electron chi connectivity index (χ3n) is 4.07. The number of halogens is 1. The van der Waals surface area contributed by atoms with Crippen molar-refractivity contribution in [3.8, 4) is 17.2 Å². The van der Waals surface area contributed by atoms with Crippen molar-refractivity contribution < 1.29 is 13.5 Å². The molecule has 0 aliphatic heterocycles. The Labute approximate surface area is 169 Å². The molecule has 0 spiro atoms. The number of nitrogens with zero attached hydrogens (tertiary/aromatic N) is 2. The van der Waals surface area contributed by atoms with Crippen molar-refractivity contribution >= 4 is 5.96 Å². The number of rotatable bonds is 8. The molecule has 0 saturated carbocycles. The highest BCUT2D eigenvalue weighted by Gasteiger charge is 2.08. The van der Waals surface area contributed by atoms with Gasteiger partial charge in [-0.2, -0.15) is 0 Å². The zero-order chi connectivity index (χ0) is 20.5. The number of nitrogens with one attached hydrogen (secondary N) is 2. The van der Waals surface area contributed by atoms with Gasteiger partial charge in [0.2, 0.25) is 5.89 Å². The second-order valence-corrected chi connectivity index (χ2v) is 6.26. The Bertz CT molecular complexity index is 941. The molecule has 0 bridgehead atoms. The van der Waals surface area contributed by atoms with E-state index in [4.69, 9.17) is 9.15 Å². The Morgan fingerprint density at radius 3 is 2.69 bits per heavy atom. The SMILES string of the molecule is CCNC(=NCc1ccc(OCC)c(F)c1)NCc1coc(-c2ccccc2)n1. The van der Waals surface area contributed by atoms with Gasteiger partial charge in [0.15, 0.2) is 17.5 Å². The third-order valence-corrected chi connectivity index (χ3v) is 4.07. The molecule has 0 atom stereocenters. The van der Waals surface area contributed by atoms with Gasteiger partial charge in [-0.1, -0.05) is 24.3 Å². The number of hydrogen-bond donors (Lipinski definition) is 2. The van der Waals surface area contributed by atoms with Crippen molar-refractivity contribution in [2.75, 3.05) is 13.2 Å². The van der Waals surface area contributed by atoms with Gasteiger partial charge in [-0.25, -0.2) is 14.4 Å². The molecule has 152 valence electrons. The molecule has 0 fully saturated rings. The summed E-state index contributed by atoms with van der Waals surface area (Å²) >= 11 is 0. The standard InChI is InChI=1S/C22H25FN4O2/c1-3-24-22(25-13-16-10-11-20(28-4-2)19(23)12-16)26-14-18-15-29-21(27-18)17-8-6-5-7-9-17/h5-12,15H,3-4,13-14H2,1-2H3,(H2,24,25,26). The zero-order valence-electron chi connectivity index (χ0n) is 16.6. The highest BCUT2D eigenvalue weighted by Crippen LogP contribution is 2.19. The minimum absolute atomic E-state index is 0.255. The number of hydrogen-bond acceptors (Lipinski definition) is 4. The third kappa shape index (κ3) is 5.81. The summed E-state index contributed by atoms with van der Waals surface area (Å²) in [5, 5.41) is 6.39. The van der Waals surface area contributed by atoms with Crippen LogP contribution in [-0.4, -0.2) is 24.1 Å². The molecule has 0 amide bonds. The van der Waals surface area contributed by atoms with Crippen LogP contribution in [0.3, 0.4) is 0 Å². The average Bonchev–Trinajstić information content (AvgIpc) is 3.22. The summed E-state index contributed by atoms with van der Waals surface area (Å²) in [4.78, 5) is 9.00. The monoisotopic (exact) mass is 396 g/mol. The molecule has 1 aromatic heterocycles. The molecule has 0 radical (unpaired) electrons. The summed E-state index contributed by atoms with van der Waals surface area (Å²) in [6.45, 7) is 5.74. The number of guanidine groups is 1. The lowest BCUT2D eigenvalue weighted by atomic mass is 10.2. The summed E-state index contributed by atoms with van der Waals surface area (Å²) in [5.41, 5.74) is 2.45. The van der Waals surface area contributed by atoms with Crippen molar-refractivity contribution in [1.29, 1.82) is 0 Å². The molecule has 0 saturated heterocycles. The predicted molar refractivity (Wildman–Crippen MR) is 111 cm³/mol. The minimum Gasteiger partial charge on any atom is -0.491 e. The van der Waals surface area contributed by atoms with Crippen LogP contribution in [0.5, 0.6) is 5.75 Å². The van der Waals surface area contributed by atoms with Crippen LogP contribution in [0.1, 0.15) is 25.1 Å². The smallest absolute Gasteiger partial charge is 0.226 e. The minimum atomic E-state index is -0.381. The predicted octanol–water partition coefficient (Wildman–Crippen LogP) is 4.13. The van der Waals surface area contributed by atoms with Gasteiger partial charge in [0.1, 0.15) is 6.26 Å². The number of ether oxygens (including phenoxy) is 1. The summed E-state index contributed by atoms with van der Waals surface area (Å²) in [6.07, 6.45) is 1.63. The van der Waals surface area contributed by atoms with E-state index in [0.717, 1.165) is 16.8 Å². The molecule has 1 heterocycles. The molecule has 29 heavy (non-hydrogen) atoms. The second kappa shape index (κ2) is 10.3. The van der Waals surface area contributed by atoms with Gasteiger partial charge < -0.3 is 19.8 Å². The van der Waals surface area contributed by atoms with Crippen LogP contribution in [0.25, 0.3) is 11.5 Å². The first-order valence-corrected chi connectivity index (χ1v) is 9.62.